The van der Waals surface area contributed by atoms with Crippen LogP contribution in [0.15, 0.2) is 12.3 Å². The number of nitrogens with zero attached hydrogens (tertiary/aromatic N) is 1. The van der Waals surface area contributed by atoms with Gasteiger partial charge in [-0.05, 0) is 33.3 Å². The Bertz CT molecular complexity index is 657. The Kier molecular flexibility index (Phi) is 7.67. The fraction of sp³-hybridized carbons (Fsp3) is 0.611. The normalized spacial score (nSPS) is 16.7. The van der Waals surface area contributed by atoms with Crippen LogP contribution >= 0.6 is 11.6 Å². The molecule has 2 N–H and O–H groups in total. The van der Waals surface area contributed by atoms with Gasteiger partial charge in [0.2, 0.25) is 5.88 Å². The first kappa shape index (κ1) is 21.2. The Hall–Kier alpha value is -2.06. The van der Waals surface area contributed by atoms with Crippen LogP contribution in [-0.4, -0.2) is 55.0 Å². The molecule has 0 aromatic carbocycles. The van der Waals surface area contributed by atoms with Gasteiger partial charge in [-0.15, -0.1) is 0 Å². The summed E-state index contributed by atoms with van der Waals surface area (Å²) in [7, 11) is 0. The number of hydrogen-bond acceptors (Lipinski definition) is 6. The molecule has 27 heavy (non-hydrogen) atoms. The zero-order valence-corrected chi connectivity index (χ0v) is 16.6. The van der Waals surface area contributed by atoms with Gasteiger partial charge in [0.05, 0.1) is 18.8 Å². The minimum atomic E-state index is -0.536. The van der Waals surface area contributed by atoms with Crippen molar-refractivity contribution in [3.05, 3.63) is 22.8 Å². The molecule has 1 aromatic heterocycles. The lowest BCUT2D eigenvalue weighted by Gasteiger charge is -2.19. The maximum absolute atomic E-state index is 12.2. The molecule has 0 saturated carbocycles. The standard InChI is InChI=1S/C18H26ClN3O5/c1-18(2,3)27-17(24)21-7-4-6-20-15(23)12-9-14(19)16(22-10-12)26-13-5-8-25-11-13/h9-10,13H,4-8,11H2,1-3H3,(H,20,23)(H,21,24). The largest absolute Gasteiger partial charge is 0.471 e. The zero-order chi connectivity index (χ0) is 19.9. The summed E-state index contributed by atoms with van der Waals surface area (Å²) < 4.78 is 16.0. The van der Waals surface area contributed by atoms with Crippen molar-refractivity contribution in [1.82, 2.24) is 15.6 Å². The summed E-state index contributed by atoms with van der Waals surface area (Å²) >= 11 is 6.15. The molecule has 1 atom stereocenters. The molecule has 1 aliphatic rings. The average Bonchev–Trinajstić information content (AvgIpc) is 3.07. The van der Waals surface area contributed by atoms with Crippen molar-refractivity contribution < 1.29 is 23.8 Å². The van der Waals surface area contributed by atoms with Crippen LogP contribution in [0.25, 0.3) is 0 Å². The maximum atomic E-state index is 12.2. The second kappa shape index (κ2) is 9.75. The summed E-state index contributed by atoms with van der Waals surface area (Å²) in [6.07, 6.45) is 2.23. The highest BCUT2D eigenvalue weighted by molar-refractivity contribution is 6.32. The number of aromatic nitrogens is 1. The molecular weight excluding hydrogens is 374 g/mol. The molecule has 1 aliphatic heterocycles. The molecule has 0 radical (unpaired) electrons. The number of amides is 2. The van der Waals surface area contributed by atoms with E-state index in [2.05, 4.69) is 15.6 Å². The molecule has 9 heteroatoms. The minimum absolute atomic E-state index is 0.0628. The number of alkyl carbamates (subject to hydrolysis) is 1. The smallest absolute Gasteiger partial charge is 0.407 e. The molecule has 1 aromatic rings. The van der Waals surface area contributed by atoms with E-state index in [0.717, 1.165) is 6.42 Å². The lowest BCUT2D eigenvalue weighted by Crippen LogP contribution is -2.34. The first-order valence-electron chi connectivity index (χ1n) is 8.89. The Labute approximate surface area is 163 Å². The molecule has 2 rings (SSSR count). The number of rotatable bonds is 7. The molecule has 1 unspecified atom stereocenters. The van der Waals surface area contributed by atoms with Crippen molar-refractivity contribution in [2.75, 3.05) is 26.3 Å². The molecule has 8 nitrogen and oxygen atoms in total. The van der Waals surface area contributed by atoms with Gasteiger partial charge in [-0.3, -0.25) is 4.79 Å². The monoisotopic (exact) mass is 399 g/mol. The van der Waals surface area contributed by atoms with Crippen LogP contribution in [0.4, 0.5) is 4.79 Å². The number of ether oxygens (including phenoxy) is 3. The third-order valence-corrected chi connectivity index (χ3v) is 3.81. The Morgan fingerprint density at radius 3 is 2.70 bits per heavy atom. The van der Waals surface area contributed by atoms with Gasteiger partial charge in [-0.1, -0.05) is 11.6 Å². The van der Waals surface area contributed by atoms with Crippen LogP contribution in [-0.2, 0) is 9.47 Å². The molecule has 1 fully saturated rings. The third-order valence-electron chi connectivity index (χ3n) is 3.54. The second-order valence-corrected chi connectivity index (χ2v) is 7.56. The number of carbonyl (C=O) groups is 2. The van der Waals surface area contributed by atoms with Crippen LogP contribution in [0.5, 0.6) is 5.88 Å². The van der Waals surface area contributed by atoms with E-state index in [1.807, 2.05) is 0 Å². The van der Waals surface area contributed by atoms with Crippen molar-refractivity contribution in [3.8, 4) is 5.88 Å². The number of hydrogen-bond donors (Lipinski definition) is 2. The van der Waals surface area contributed by atoms with Crippen LogP contribution in [0.3, 0.4) is 0 Å². The van der Waals surface area contributed by atoms with E-state index in [-0.39, 0.29) is 17.0 Å². The van der Waals surface area contributed by atoms with Crippen molar-refractivity contribution in [2.24, 2.45) is 0 Å². The second-order valence-electron chi connectivity index (χ2n) is 7.15. The Balaban J connectivity index is 1.71. The SMILES string of the molecule is CC(C)(C)OC(=O)NCCCNC(=O)c1cnc(OC2CCOC2)c(Cl)c1. The molecule has 0 spiro atoms. The van der Waals surface area contributed by atoms with Gasteiger partial charge in [0.15, 0.2) is 0 Å². The van der Waals surface area contributed by atoms with E-state index in [1.165, 1.54) is 12.3 Å². The van der Waals surface area contributed by atoms with Gasteiger partial charge < -0.3 is 24.8 Å². The van der Waals surface area contributed by atoms with Gasteiger partial charge in [0.25, 0.3) is 5.91 Å². The summed E-state index contributed by atoms with van der Waals surface area (Å²) in [5.74, 6) is 0.00250. The number of halogens is 1. The molecule has 1 saturated heterocycles. The van der Waals surface area contributed by atoms with Gasteiger partial charge in [0, 0.05) is 25.7 Å². The highest BCUT2D eigenvalue weighted by Gasteiger charge is 2.20. The number of pyridine rings is 1. The minimum Gasteiger partial charge on any atom is -0.471 e. The average molecular weight is 400 g/mol. The van der Waals surface area contributed by atoms with Crippen LogP contribution < -0.4 is 15.4 Å². The van der Waals surface area contributed by atoms with Crippen LogP contribution in [0.1, 0.15) is 44.0 Å². The lowest BCUT2D eigenvalue weighted by atomic mass is 10.2. The number of nitrogens with one attached hydrogen (secondary N) is 2. The molecule has 2 amide bonds. The highest BCUT2D eigenvalue weighted by Crippen LogP contribution is 2.25. The quantitative estimate of drug-likeness (QED) is 0.683. The van der Waals surface area contributed by atoms with Crippen molar-refractivity contribution >= 4 is 23.6 Å². The van der Waals surface area contributed by atoms with E-state index in [1.54, 1.807) is 20.8 Å². The topological polar surface area (TPSA) is 98.8 Å². The van der Waals surface area contributed by atoms with Crippen molar-refractivity contribution in [1.29, 1.82) is 0 Å². The predicted octanol–water partition coefficient (Wildman–Crippen LogP) is 2.55. The fourth-order valence-corrected chi connectivity index (χ4v) is 2.51. The van der Waals surface area contributed by atoms with Crippen molar-refractivity contribution in [3.63, 3.8) is 0 Å². The van der Waals surface area contributed by atoms with E-state index in [0.29, 0.717) is 44.2 Å². The summed E-state index contributed by atoms with van der Waals surface area (Å²) in [4.78, 5) is 27.8. The van der Waals surface area contributed by atoms with Gasteiger partial charge in [-0.25, -0.2) is 9.78 Å². The van der Waals surface area contributed by atoms with Gasteiger partial charge in [0.1, 0.15) is 16.7 Å². The van der Waals surface area contributed by atoms with Crippen LogP contribution in [0, 0.1) is 0 Å². The predicted molar refractivity (Wildman–Crippen MR) is 100 cm³/mol. The van der Waals surface area contributed by atoms with E-state index >= 15 is 0 Å². The zero-order valence-electron chi connectivity index (χ0n) is 15.8. The Morgan fingerprint density at radius 1 is 1.33 bits per heavy atom. The van der Waals surface area contributed by atoms with E-state index < -0.39 is 11.7 Å². The summed E-state index contributed by atoms with van der Waals surface area (Å²) in [5, 5.41) is 5.66. The molecule has 2 heterocycles. The first-order valence-corrected chi connectivity index (χ1v) is 9.27. The van der Waals surface area contributed by atoms with Crippen molar-refractivity contribution in [2.45, 2.75) is 45.3 Å². The van der Waals surface area contributed by atoms with Gasteiger partial charge in [-0.2, -0.15) is 0 Å². The van der Waals surface area contributed by atoms with Crippen LogP contribution in [0.2, 0.25) is 5.02 Å². The Morgan fingerprint density at radius 2 is 2.07 bits per heavy atom. The fourth-order valence-electron chi connectivity index (χ4n) is 2.30. The molecule has 150 valence electrons. The molecule has 0 aliphatic carbocycles. The summed E-state index contributed by atoms with van der Waals surface area (Å²) in [5.41, 5.74) is -0.194. The molecule has 0 bridgehead atoms. The summed E-state index contributed by atoms with van der Waals surface area (Å²) in [6, 6.07) is 1.52. The third kappa shape index (κ3) is 7.60. The first-order chi connectivity index (χ1) is 12.7. The van der Waals surface area contributed by atoms with Gasteiger partial charge >= 0.3 is 6.09 Å². The molecular formula is C18H26ClN3O5. The van der Waals surface area contributed by atoms with E-state index in [9.17, 15) is 9.59 Å². The lowest BCUT2D eigenvalue weighted by molar-refractivity contribution is 0.0527. The van der Waals surface area contributed by atoms with E-state index in [4.69, 9.17) is 25.8 Å². The highest BCUT2D eigenvalue weighted by atomic mass is 35.5. The number of carbonyl (C=O) groups excluding carboxylic acids is 2. The summed E-state index contributed by atoms with van der Waals surface area (Å²) in [6.45, 7) is 7.34. The maximum Gasteiger partial charge on any atom is 0.407 e.